The second kappa shape index (κ2) is 4.64. The first-order valence-corrected chi connectivity index (χ1v) is 6.65. The van der Waals surface area contributed by atoms with Gasteiger partial charge in [-0.15, -0.1) is 0 Å². The van der Waals surface area contributed by atoms with E-state index in [2.05, 4.69) is 39.0 Å². The third-order valence-corrected chi connectivity index (χ3v) is 3.62. The van der Waals surface area contributed by atoms with Crippen molar-refractivity contribution in [2.45, 2.75) is 20.8 Å². The highest BCUT2D eigenvalue weighted by Crippen LogP contribution is 2.31. The van der Waals surface area contributed by atoms with Gasteiger partial charge in [-0.2, -0.15) is 0 Å². The van der Waals surface area contributed by atoms with Gasteiger partial charge in [0.05, 0.1) is 0 Å². The van der Waals surface area contributed by atoms with Crippen LogP contribution in [-0.2, 0) is 0 Å². The first kappa shape index (κ1) is 12.7. The zero-order valence-corrected chi connectivity index (χ0v) is 11.9. The van der Waals surface area contributed by atoms with E-state index in [0.29, 0.717) is 5.76 Å². The van der Waals surface area contributed by atoms with Crippen LogP contribution in [0.15, 0.2) is 40.8 Å². The summed E-state index contributed by atoms with van der Waals surface area (Å²) >= 11 is 0. The van der Waals surface area contributed by atoms with Gasteiger partial charge in [-0.1, -0.05) is 23.8 Å². The summed E-state index contributed by atoms with van der Waals surface area (Å²) in [6.07, 6.45) is 0.738. The van der Waals surface area contributed by atoms with Gasteiger partial charge in [-0.3, -0.25) is 4.79 Å². The third-order valence-electron chi connectivity index (χ3n) is 3.62. The molecule has 1 aromatic heterocycles. The Bertz CT molecular complexity index is 786. The molecule has 0 N–H and O–H groups in total. The molecule has 0 spiro atoms. The SMILES string of the molecule is Cc1cc(C)c(-c2ccc3oc(C=O)cc3c2)c(C)c1. The molecule has 2 heteroatoms. The molecule has 2 nitrogen and oxygen atoms in total. The molecular weight excluding hydrogens is 248 g/mol. The molecule has 0 atom stereocenters. The summed E-state index contributed by atoms with van der Waals surface area (Å²) in [5, 5.41) is 0.962. The fourth-order valence-corrected chi connectivity index (χ4v) is 2.91. The Hall–Kier alpha value is -2.35. The Balaban J connectivity index is 2.22. The van der Waals surface area contributed by atoms with Crippen molar-refractivity contribution in [3.8, 4) is 11.1 Å². The molecule has 0 saturated heterocycles. The summed E-state index contributed by atoms with van der Waals surface area (Å²) in [4.78, 5) is 10.8. The smallest absolute Gasteiger partial charge is 0.185 e. The molecule has 0 fully saturated rings. The molecular formula is C18H16O2. The van der Waals surface area contributed by atoms with Gasteiger partial charge < -0.3 is 4.42 Å². The van der Waals surface area contributed by atoms with Gasteiger partial charge in [0.15, 0.2) is 12.0 Å². The fourth-order valence-electron chi connectivity index (χ4n) is 2.91. The van der Waals surface area contributed by atoms with Crippen LogP contribution < -0.4 is 0 Å². The van der Waals surface area contributed by atoms with Gasteiger partial charge in [-0.05, 0) is 61.2 Å². The molecule has 0 bridgehead atoms. The summed E-state index contributed by atoms with van der Waals surface area (Å²) in [5.74, 6) is 0.370. The lowest BCUT2D eigenvalue weighted by atomic mass is 9.93. The zero-order chi connectivity index (χ0) is 14.3. The minimum Gasteiger partial charge on any atom is -0.453 e. The Labute approximate surface area is 118 Å². The van der Waals surface area contributed by atoms with Gasteiger partial charge in [0.1, 0.15) is 5.58 Å². The number of carbonyl (C=O) groups excluding carboxylic acids is 1. The average Bonchev–Trinajstić information content (AvgIpc) is 2.79. The van der Waals surface area contributed by atoms with Crippen molar-refractivity contribution in [2.75, 3.05) is 0 Å². The Morgan fingerprint density at radius 1 is 0.950 bits per heavy atom. The van der Waals surface area contributed by atoms with E-state index in [1.165, 1.54) is 22.3 Å². The van der Waals surface area contributed by atoms with Gasteiger partial charge in [-0.25, -0.2) is 0 Å². The van der Waals surface area contributed by atoms with Crippen LogP contribution in [0.1, 0.15) is 27.2 Å². The van der Waals surface area contributed by atoms with Gasteiger partial charge in [0, 0.05) is 5.39 Å². The number of carbonyl (C=O) groups is 1. The summed E-state index contributed by atoms with van der Waals surface area (Å²) < 4.78 is 5.42. The number of fused-ring (bicyclic) bond motifs is 1. The highest BCUT2D eigenvalue weighted by atomic mass is 16.3. The fraction of sp³-hybridized carbons (Fsp3) is 0.167. The van der Waals surface area contributed by atoms with Crippen LogP contribution in [0.3, 0.4) is 0 Å². The molecule has 0 aliphatic carbocycles. The highest BCUT2D eigenvalue weighted by Gasteiger charge is 2.09. The van der Waals surface area contributed by atoms with Gasteiger partial charge in [0.25, 0.3) is 0 Å². The van der Waals surface area contributed by atoms with Crippen LogP contribution in [0.25, 0.3) is 22.1 Å². The molecule has 3 rings (SSSR count). The maximum absolute atomic E-state index is 10.8. The van der Waals surface area contributed by atoms with E-state index in [9.17, 15) is 4.79 Å². The van der Waals surface area contributed by atoms with E-state index in [4.69, 9.17) is 4.42 Å². The summed E-state index contributed by atoms with van der Waals surface area (Å²) in [6.45, 7) is 6.37. The lowest BCUT2D eigenvalue weighted by Gasteiger charge is -2.11. The maximum atomic E-state index is 10.8. The maximum Gasteiger partial charge on any atom is 0.185 e. The molecule has 0 unspecified atom stereocenters. The quantitative estimate of drug-likeness (QED) is 0.620. The Kier molecular flexibility index (Phi) is 2.94. The van der Waals surface area contributed by atoms with E-state index in [-0.39, 0.29) is 0 Å². The second-order valence-electron chi connectivity index (χ2n) is 5.29. The lowest BCUT2D eigenvalue weighted by Crippen LogP contribution is -1.89. The number of hydrogen-bond acceptors (Lipinski definition) is 2. The average molecular weight is 264 g/mol. The minimum absolute atomic E-state index is 0.370. The largest absolute Gasteiger partial charge is 0.453 e. The highest BCUT2D eigenvalue weighted by molar-refractivity contribution is 5.89. The van der Waals surface area contributed by atoms with Crippen molar-refractivity contribution in [3.05, 3.63) is 58.8 Å². The molecule has 0 amide bonds. The van der Waals surface area contributed by atoms with Crippen LogP contribution in [0.5, 0.6) is 0 Å². The van der Waals surface area contributed by atoms with E-state index >= 15 is 0 Å². The number of benzene rings is 2. The molecule has 0 aliphatic rings. The first-order valence-electron chi connectivity index (χ1n) is 6.65. The van der Waals surface area contributed by atoms with Crippen LogP contribution in [0.2, 0.25) is 0 Å². The van der Waals surface area contributed by atoms with E-state index in [1.807, 2.05) is 12.1 Å². The number of aryl methyl sites for hydroxylation is 3. The normalized spacial score (nSPS) is 10.9. The van der Waals surface area contributed by atoms with Crippen molar-refractivity contribution in [1.82, 2.24) is 0 Å². The van der Waals surface area contributed by atoms with Gasteiger partial charge >= 0.3 is 0 Å². The standard InChI is InChI=1S/C18H16O2/c1-11-6-12(2)18(13(3)7-11)14-4-5-17-15(8-14)9-16(10-19)20-17/h4-10H,1-3H3. The summed E-state index contributed by atoms with van der Waals surface area (Å²) in [6, 6.07) is 12.2. The van der Waals surface area contributed by atoms with E-state index < -0.39 is 0 Å². The number of rotatable bonds is 2. The topological polar surface area (TPSA) is 30.2 Å². The predicted molar refractivity (Wildman–Crippen MR) is 81.2 cm³/mol. The molecule has 2 aromatic carbocycles. The second-order valence-corrected chi connectivity index (χ2v) is 5.29. The zero-order valence-electron chi connectivity index (χ0n) is 11.9. The first-order chi connectivity index (χ1) is 9.58. The van der Waals surface area contributed by atoms with Gasteiger partial charge in [0.2, 0.25) is 0 Å². The van der Waals surface area contributed by atoms with Crippen LogP contribution in [0, 0.1) is 20.8 Å². The Morgan fingerprint density at radius 3 is 2.30 bits per heavy atom. The monoisotopic (exact) mass is 264 g/mol. The van der Waals surface area contributed by atoms with Crippen molar-refractivity contribution >= 4 is 17.3 Å². The molecule has 0 aliphatic heterocycles. The summed E-state index contributed by atoms with van der Waals surface area (Å²) in [5.41, 5.74) is 6.97. The molecule has 20 heavy (non-hydrogen) atoms. The molecule has 100 valence electrons. The van der Waals surface area contributed by atoms with Crippen molar-refractivity contribution in [3.63, 3.8) is 0 Å². The number of furan rings is 1. The molecule has 1 heterocycles. The van der Waals surface area contributed by atoms with Crippen LogP contribution in [0.4, 0.5) is 0 Å². The third kappa shape index (κ3) is 2.03. The predicted octanol–water partition coefficient (Wildman–Crippen LogP) is 4.84. The van der Waals surface area contributed by atoms with Crippen molar-refractivity contribution < 1.29 is 9.21 Å². The minimum atomic E-state index is 0.370. The molecule has 0 saturated carbocycles. The molecule has 0 radical (unpaired) electrons. The van der Waals surface area contributed by atoms with E-state index in [1.54, 1.807) is 6.07 Å². The summed E-state index contributed by atoms with van der Waals surface area (Å²) in [7, 11) is 0. The molecule has 3 aromatic rings. The van der Waals surface area contributed by atoms with E-state index in [0.717, 1.165) is 22.8 Å². The van der Waals surface area contributed by atoms with Crippen LogP contribution in [-0.4, -0.2) is 6.29 Å². The van der Waals surface area contributed by atoms with Crippen molar-refractivity contribution in [1.29, 1.82) is 0 Å². The van der Waals surface area contributed by atoms with Crippen molar-refractivity contribution in [2.24, 2.45) is 0 Å². The number of aldehydes is 1. The number of hydrogen-bond donors (Lipinski definition) is 0. The lowest BCUT2D eigenvalue weighted by molar-refractivity contribution is 0.110. The Morgan fingerprint density at radius 2 is 1.65 bits per heavy atom. The van der Waals surface area contributed by atoms with Crippen LogP contribution >= 0.6 is 0 Å².